The molecule has 1 aliphatic heterocycles. The van der Waals surface area contributed by atoms with Crippen molar-refractivity contribution in [3.63, 3.8) is 0 Å². The van der Waals surface area contributed by atoms with E-state index >= 15 is 0 Å². The van der Waals surface area contributed by atoms with Crippen molar-refractivity contribution in [1.29, 1.82) is 0 Å². The van der Waals surface area contributed by atoms with Crippen molar-refractivity contribution >= 4 is 39.1 Å². The fraction of sp³-hybridized carbons (Fsp3) is 0.429. The first kappa shape index (κ1) is 30.7. The Morgan fingerprint density at radius 2 is 1.93 bits per heavy atom. The number of benzene rings is 1. The Hall–Kier alpha value is -3.93. The van der Waals surface area contributed by atoms with E-state index < -0.39 is 5.82 Å². The summed E-state index contributed by atoms with van der Waals surface area (Å²) in [7, 11) is 0. The quantitative estimate of drug-likeness (QED) is 0.182. The number of hydrogen-bond donors (Lipinski definition) is 3. The van der Waals surface area contributed by atoms with Crippen LogP contribution in [0.15, 0.2) is 54.9 Å². The van der Waals surface area contributed by atoms with E-state index in [1.165, 1.54) is 23.5 Å². The first-order valence-corrected chi connectivity index (χ1v) is 16.9. The number of carbonyl (C=O) groups excluding carboxylic acids is 2. The number of amides is 2. The topological polar surface area (TPSA) is 117 Å². The summed E-state index contributed by atoms with van der Waals surface area (Å²) in [6.45, 7) is 2.58. The molecular formula is C35H38FN5O4S. The molecule has 1 spiro atoms. The Morgan fingerprint density at radius 3 is 2.72 bits per heavy atom. The number of aliphatic hydroxyl groups excluding tert-OH is 1. The number of halogens is 1. The van der Waals surface area contributed by atoms with Crippen LogP contribution in [0.3, 0.4) is 0 Å². The number of fused-ring (bicyclic) bond motifs is 1. The largest absolute Gasteiger partial charge is 0.453 e. The van der Waals surface area contributed by atoms with Gasteiger partial charge in [-0.2, -0.15) is 0 Å². The van der Waals surface area contributed by atoms with E-state index in [0.717, 1.165) is 97.4 Å². The molecule has 3 aliphatic rings. The molecule has 0 radical (unpaired) electrons. The maximum atomic E-state index is 15.0. The highest BCUT2D eigenvalue weighted by atomic mass is 32.1. The number of ketones is 1. The Bertz CT molecular complexity index is 1740. The van der Waals surface area contributed by atoms with E-state index in [0.29, 0.717) is 11.4 Å². The normalized spacial score (nSPS) is 21.7. The Morgan fingerprint density at radius 1 is 1.04 bits per heavy atom. The number of thiophene rings is 1. The van der Waals surface area contributed by atoms with E-state index in [2.05, 4.69) is 26.6 Å². The lowest BCUT2D eigenvalue weighted by Crippen LogP contribution is -2.30. The molecule has 2 unspecified atom stereocenters. The molecule has 0 bridgehead atoms. The zero-order valence-corrected chi connectivity index (χ0v) is 26.5. The van der Waals surface area contributed by atoms with Crippen LogP contribution in [0, 0.1) is 17.2 Å². The maximum absolute atomic E-state index is 15.0. The molecular weight excluding hydrogens is 605 g/mol. The molecule has 11 heteroatoms. The van der Waals surface area contributed by atoms with Crippen LogP contribution in [-0.4, -0.2) is 57.5 Å². The third kappa shape index (κ3) is 6.91. The molecule has 9 nitrogen and oxygen atoms in total. The van der Waals surface area contributed by atoms with Crippen LogP contribution in [0.5, 0.6) is 11.5 Å². The van der Waals surface area contributed by atoms with Gasteiger partial charge in [0.15, 0.2) is 17.3 Å². The monoisotopic (exact) mass is 643 g/mol. The van der Waals surface area contributed by atoms with Crippen molar-refractivity contribution in [2.45, 2.75) is 64.0 Å². The molecule has 4 aromatic rings. The number of hydrogen-bond acceptors (Lipinski definition) is 8. The van der Waals surface area contributed by atoms with Gasteiger partial charge >= 0.3 is 6.03 Å². The zero-order chi connectivity index (χ0) is 31.7. The third-order valence-corrected chi connectivity index (χ3v) is 10.8. The van der Waals surface area contributed by atoms with Gasteiger partial charge in [0.25, 0.3) is 0 Å². The molecule has 46 heavy (non-hydrogen) atoms. The number of aliphatic hydroxyl groups is 1. The molecule has 4 heterocycles. The summed E-state index contributed by atoms with van der Waals surface area (Å²) in [6, 6.07) is 12.1. The molecule has 7 rings (SSSR count). The average Bonchev–Trinajstić information content (AvgIpc) is 3.67. The first-order chi connectivity index (χ1) is 22.4. The lowest BCUT2D eigenvalue weighted by atomic mass is 9.79. The van der Waals surface area contributed by atoms with Crippen LogP contribution in [0.2, 0.25) is 0 Å². The second kappa shape index (κ2) is 13.1. The number of pyridine rings is 2. The highest BCUT2D eigenvalue weighted by Gasteiger charge is 2.40. The molecule has 2 saturated carbocycles. The number of carbonyl (C=O) groups is 2. The number of nitrogens with zero attached hydrogens (tertiary/aromatic N) is 3. The van der Waals surface area contributed by atoms with Crippen LogP contribution in [-0.2, 0) is 11.3 Å². The van der Waals surface area contributed by atoms with Crippen molar-refractivity contribution in [1.82, 2.24) is 20.2 Å². The summed E-state index contributed by atoms with van der Waals surface area (Å²) in [4.78, 5) is 36.8. The van der Waals surface area contributed by atoms with E-state index in [9.17, 15) is 19.1 Å². The van der Waals surface area contributed by atoms with Gasteiger partial charge in [-0.05, 0) is 86.7 Å². The van der Waals surface area contributed by atoms with Gasteiger partial charge in [0.05, 0.1) is 20.8 Å². The first-order valence-electron chi connectivity index (χ1n) is 16.1. The number of ether oxygens (including phenoxy) is 1. The number of aromatic nitrogens is 2. The smallest absolute Gasteiger partial charge is 0.319 e. The molecule has 1 aromatic carbocycles. The fourth-order valence-electron chi connectivity index (χ4n) is 6.90. The van der Waals surface area contributed by atoms with Gasteiger partial charge in [0.2, 0.25) is 0 Å². The Balaban J connectivity index is 0.990. The van der Waals surface area contributed by atoms with Gasteiger partial charge in [-0.25, -0.2) is 9.18 Å². The molecule has 2 aliphatic carbocycles. The number of likely N-dealkylation sites (tertiary alicyclic amines) is 1. The number of Topliss-reactive ketones (excluding diaryl/α,β-unsaturated/α-hetero) is 1. The molecule has 3 aromatic heterocycles. The van der Waals surface area contributed by atoms with Crippen molar-refractivity contribution in [2.24, 2.45) is 11.3 Å². The predicted octanol–water partition coefficient (Wildman–Crippen LogP) is 6.91. The lowest BCUT2D eigenvalue weighted by Gasteiger charge is -2.28. The summed E-state index contributed by atoms with van der Waals surface area (Å²) in [6.07, 6.45) is 11.7. The summed E-state index contributed by atoms with van der Waals surface area (Å²) < 4.78 is 21.7. The minimum absolute atomic E-state index is 0.000158. The SMILES string of the molecule is O=C(Nc1ccc(Oc2ccnc3cc(-c4ccc(CN5CCC6(CCCC(C(=O)CO)CC6)C5)cn4)sc23)c(F)c1)NC1CC1. The second-order valence-corrected chi connectivity index (χ2v) is 14.1. The minimum Gasteiger partial charge on any atom is -0.453 e. The highest BCUT2D eigenvalue weighted by Crippen LogP contribution is 2.45. The summed E-state index contributed by atoms with van der Waals surface area (Å²) >= 11 is 1.50. The summed E-state index contributed by atoms with van der Waals surface area (Å²) in [5.74, 6) is -0.00207. The number of urea groups is 1. The molecule has 3 N–H and O–H groups in total. The highest BCUT2D eigenvalue weighted by molar-refractivity contribution is 7.22. The number of nitrogens with one attached hydrogen (secondary N) is 2. The molecule has 2 atom stereocenters. The average molecular weight is 644 g/mol. The predicted molar refractivity (Wildman–Crippen MR) is 175 cm³/mol. The third-order valence-electron chi connectivity index (χ3n) is 9.59. The van der Waals surface area contributed by atoms with Crippen molar-refractivity contribution < 1.29 is 23.8 Å². The van der Waals surface area contributed by atoms with Crippen LogP contribution in [0.25, 0.3) is 20.8 Å². The maximum Gasteiger partial charge on any atom is 0.319 e. The standard InChI is InChI=1S/C35H38FN5O4S/c36-26-16-25(40-34(44)39-24-4-5-24)6-8-30(26)45-31-10-14-37-28-17-32(46-33(28)31)27-7-3-22(18-38-27)19-41-15-13-35(21-41)11-1-2-23(9-12-35)29(43)20-42/h3,6-8,10,14,16-18,23-24,42H,1-2,4-5,9,11-13,15,19-21H2,(H2,39,40,44). The van der Waals surface area contributed by atoms with Crippen LogP contribution >= 0.6 is 11.3 Å². The Labute approximate surface area is 271 Å². The van der Waals surface area contributed by atoms with E-state index in [1.54, 1.807) is 18.3 Å². The lowest BCUT2D eigenvalue weighted by molar-refractivity contribution is -0.126. The molecule has 3 fully saturated rings. The second-order valence-electron chi connectivity index (χ2n) is 13.0. The van der Waals surface area contributed by atoms with Crippen LogP contribution < -0.4 is 15.4 Å². The molecule has 1 saturated heterocycles. The zero-order valence-electron chi connectivity index (χ0n) is 25.6. The fourth-order valence-corrected chi connectivity index (χ4v) is 7.94. The van der Waals surface area contributed by atoms with E-state index in [-0.39, 0.29) is 41.5 Å². The van der Waals surface area contributed by atoms with Crippen molar-refractivity contribution in [2.75, 3.05) is 25.0 Å². The minimum atomic E-state index is -0.577. The number of anilines is 1. The van der Waals surface area contributed by atoms with Gasteiger partial charge in [-0.1, -0.05) is 12.5 Å². The summed E-state index contributed by atoms with van der Waals surface area (Å²) in [5.41, 5.74) is 3.37. The summed E-state index contributed by atoms with van der Waals surface area (Å²) in [5, 5.41) is 14.8. The number of rotatable bonds is 9. The van der Waals surface area contributed by atoms with Crippen LogP contribution in [0.4, 0.5) is 14.9 Å². The molecule has 2 amide bonds. The van der Waals surface area contributed by atoms with Gasteiger partial charge in [-0.3, -0.25) is 19.7 Å². The molecule has 240 valence electrons. The van der Waals surface area contributed by atoms with Gasteiger partial charge in [-0.15, -0.1) is 11.3 Å². The van der Waals surface area contributed by atoms with Crippen molar-refractivity contribution in [3.8, 4) is 22.1 Å². The van der Waals surface area contributed by atoms with E-state index in [4.69, 9.17) is 9.72 Å². The Kier molecular flexibility index (Phi) is 8.72. The van der Waals surface area contributed by atoms with E-state index in [1.807, 2.05) is 18.3 Å². The van der Waals surface area contributed by atoms with Gasteiger partial charge in [0, 0.05) is 55.3 Å². The van der Waals surface area contributed by atoms with Crippen molar-refractivity contribution in [3.05, 3.63) is 66.2 Å². The van der Waals surface area contributed by atoms with Gasteiger partial charge < -0.3 is 20.5 Å². The van der Waals surface area contributed by atoms with Crippen LogP contribution in [0.1, 0.15) is 56.9 Å². The van der Waals surface area contributed by atoms with Gasteiger partial charge in [0.1, 0.15) is 12.4 Å².